The zero-order valence-electron chi connectivity index (χ0n) is 8.20. The van der Waals surface area contributed by atoms with Gasteiger partial charge in [0.05, 0.1) is 6.17 Å². The van der Waals surface area contributed by atoms with Gasteiger partial charge in [-0.25, -0.2) is 0 Å². The second-order valence-corrected chi connectivity index (χ2v) is 4.20. The van der Waals surface area contributed by atoms with Crippen molar-refractivity contribution in [2.75, 3.05) is 0 Å². The quantitative estimate of drug-likeness (QED) is 0.334. The van der Waals surface area contributed by atoms with E-state index >= 15 is 0 Å². The predicted molar refractivity (Wildman–Crippen MR) is 49.2 cm³/mol. The van der Waals surface area contributed by atoms with E-state index in [0.717, 1.165) is 0 Å². The van der Waals surface area contributed by atoms with Gasteiger partial charge < -0.3 is 20.6 Å². The summed E-state index contributed by atoms with van der Waals surface area (Å²) < 4.78 is 34.1. The van der Waals surface area contributed by atoms with Crippen molar-refractivity contribution < 1.29 is 38.6 Å². The van der Waals surface area contributed by atoms with E-state index in [0.29, 0.717) is 5.92 Å². The van der Waals surface area contributed by atoms with E-state index in [-0.39, 0.29) is 27.2 Å². The third-order valence-corrected chi connectivity index (χ3v) is 2.19. The van der Waals surface area contributed by atoms with Crippen molar-refractivity contribution in [1.82, 2.24) is 0 Å². The molecule has 0 radical (unpaired) electrons. The molecular weight excluding hydrogens is 403 g/mol. The fraction of sp³-hybridized carbons (Fsp3) is 1.00. The molecule has 0 amide bonds. The van der Waals surface area contributed by atoms with Crippen molar-refractivity contribution in [3.05, 3.63) is 0 Å². The SMILES string of the molecule is NC(N)C1CCCCC1.O=S(=O)([O-])[O-].[Pt+2]. The summed E-state index contributed by atoms with van der Waals surface area (Å²) in [5.41, 5.74) is 11.1. The first kappa shape index (κ1) is 17.9. The van der Waals surface area contributed by atoms with E-state index in [4.69, 9.17) is 29.0 Å². The van der Waals surface area contributed by atoms with E-state index in [1.807, 2.05) is 0 Å². The summed E-state index contributed by atoms with van der Waals surface area (Å²) in [5.74, 6) is 0.610. The summed E-state index contributed by atoms with van der Waals surface area (Å²) in [6, 6.07) is 0. The van der Waals surface area contributed by atoms with Crippen molar-refractivity contribution in [3.63, 3.8) is 0 Å². The van der Waals surface area contributed by atoms with Gasteiger partial charge in [0.1, 0.15) is 0 Å². The maximum atomic E-state index is 8.52. The average Bonchev–Trinajstić information content (AvgIpc) is 2.03. The van der Waals surface area contributed by atoms with Gasteiger partial charge in [-0.15, -0.1) is 0 Å². The fourth-order valence-corrected chi connectivity index (χ4v) is 1.52. The van der Waals surface area contributed by atoms with Crippen LogP contribution in [0.3, 0.4) is 0 Å². The van der Waals surface area contributed by atoms with Crippen molar-refractivity contribution in [1.29, 1.82) is 0 Å². The van der Waals surface area contributed by atoms with Crippen LogP contribution >= 0.6 is 0 Å². The fourth-order valence-electron chi connectivity index (χ4n) is 1.52. The molecule has 1 rings (SSSR count). The van der Waals surface area contributed by atoms with Crippen LogP contribution in [-0.2, 0) is 31.5 Å². The molecular formula is C7H16N2O4PtS. The second-order valence-electron chi connectivity index (χ2n) is 3.38. The molecule has 1 aliphatic rings. The molecule has 0 aromatic rings. The van der Waals surface area contributed by atoms with E-state index in [9.17, 15) is 0 Å². The van der Waals surface area contributed by atoms with E-state index in [2.05, 4.69) is 0 Å². The number of rotatable bonds is 1. The van der Waals surface area contributed by atoms with Crippen molar-refractivity contribution >= 4 is 10.4 Å². The Morgan fingerprint density at radius 2 is 1.40 bits per heavy atom. The van der Waals surface area contributed by atoms with Gasteiger partial charge in [0.2, 0.25) is 0 Å². The van der Waals surface area contributed by atoms with Crippen LogP contribution in [0, 0.1) is 5.92 Å². The zero-order valence-corrected chi connectivity index (χ0v) is 11.3. The maximum absolute atomic E-state index is 8.52. The Hall–Kier alpha value is 0.478. The van der Waals surface area contributed by atoms with Crippen LogP contribution in [-0.4, -0.2) is 23.7 Å². The molecule has 0 heterocycles. The molecule has 6 nitrogen and oxygen atoms in total. The zero-order chi connectivity index (χ0) is 11.2. The number of nitrogens with two attached hydrogens (primary N) is 2. The number of hydrogen-bond acceptors (Lipinski definition) is 6. The Morgan fingerprint density at radius 1 is 1.07 bits per heavy atom. The molecule has 0 unspecified atom stereocenters. The molecule has 15 heavy (non-hydrogen) atoms. The van der Waals surface area contributed by atoms with Crippen LogP contribution in [0.2, 0.25) is 0 Å². The van der Waals surface area contributed by atoms with Crippen LogP contribution in [0.25, 0.3) is 0 Å². The Morgan fingerprint density at radius 3 is 1.60 bits per heavy atom. The summed E-state index contributed by atoms with van der Waals surface area (Å²) in [6.07, 6.45) is 6.47. The molecule has 0 aromatic carbocycles. The van der Waals surface area contributed by atoms with Gasteiger partial charge in [-0.3, -0.25) is 8.42 Å². The molecule has 4 N–H and O–H groups in total. The van der Waals surface area contributed by atoms with Crippen LogP contribution in [0.15, 0.2) is 0 Å². The average molecular weight is 419 g/mol. The molecule has 1 saturated carbocycles. The van der Waals surface area contributed by atoms with Crippen molar-refractivity contribution in [2.24, 2.45) is 17.4 Å². The molecule has 1 fully saturated rings. The van der Waals surface area contributed by atoms with Gasteiger partial charge in [-0.05, 0) is 18.8 Å². The Bertz CT molecular complexity index is 231. The van der Waals surface area contributed by atoms with Crippen LogP contribution < -0.4 is 11.5 Å². The number of hydrogen-bond donors (Lipinski definition) is 2. The summed E-state index contributed by atoms with van der Waals surface area (Å²) >= 11 is 0. The Labute approximate surface area is 105 Å². The largest absolute Gasteiger partial charge is 2.00 e. The molecule has 8 heteroatoms. The van der Waals surface area contributed by atoms with Gasteiger partial charge in [0, 0.05) is 10.4 Å². The van der Waals surface area contributed by atoms with E-state index in [1.165, 1.54) is 32.1 Å². The topological polar surface area (TPSA) is 132 Å². The minimum atomic E-state index is -5.17. The Balaban J connectivity index is 0. The molecule has 94 valence electrons. The first-order valence-electron chi connectivity index (χ1n) is 4.48. The standard InChI is InChI=1S/C7H16N2.H2O4S.Pt/c8-7(9)6-4-2-1-3-5-6;1-5(2,3)4;/h6-7H,1-5,8-9H2;(H2,1,2,3,4);/q;;+2/p-2. The minimum absolute atomic E-state index is 0. The third-order valence-electron chi connectivity index (χ3n) is 2.19. The molecule has 0 atom stereocenters. The summed E-state index contributed by atoms with van der Waals surface area (Å²) in [5, 5.41) is 0. The minimum Gasteiger partial charge on any atom is -0.759 e. The van der Waals surface area contributed by atoms with Crippen molar-refractivity contribution in [3.8, 4) is 0 Å². The van der Waals surface area contributed by atoms with Gasteiger partial charge in [0.25, 0.3) is 0 Å². The molecule has 0 saturated heterocycles. The molecule has 0 spiro atoms. The van der Waals surface area contributed by atoms with Crippen molar-refractivity contribution in [2.45, 2.75) is 38.3 Å². The van der Waals surface area contributed by atoms with Crippen LogP contribution in [0.1, 0.15) is 32.1 Å². The van der Waals surface area contributed by atoms with Gasteiger partial charge >= 0.3 is 21.1 Å². The van der Waals surface area contributed by atoms with E-state index in [1.54, 1.807) is 0 Å². The molecule has 0 bridgehead atoms. The molecule has 0 aromatic heterocycles. The first-order valence-corrected chi connectivity index (χ1v) is 5.82. The predicted octanol–water partition coefficient (Wildman–Crippen LogP) is -0.530. The first-order chi connectivity index (χ1) is 6.30. The Kier molecular flexibility index (Phi) is 10.3. The van der Waals surface area contributed by atoms with Gasteiger partial charge in [0.15, 0.2) is 0 Å². The molecule has 0 aliphatic heterocycles. The maximum Gasteiger partial charge on any atom is 2.00 e. The third kappa shape index (κ3) is 14.5. The summed E-state index contributed by atoms with van der Waals surface area (Å²) in [4.78, 5) is 0. The van der Waals surface area contributed by atoms with Crippen LogP contribution in [0.4, 0.5) is 0 Å². The molecule has 1 aliphatic carbocycles. The monoisotopic (exact) mass is 419 g/mol. The summed E-state index contributed by atoms with van der Waals surface area (Å²) in [6.45, 7) is 0. The summed E-state index contributed by atoms with van der Waals surface area (Å²) in [7, 11) is -5.17. The van der Waals surface area contributed by atoms with Gasteiger partial charge in [-0.2, -0.15) is 0 Å². The van der Waals surface area contributed by atoms with Gasteiger partial charge in [-0.1, -0.05) is 19.3 Å². The smallest absolute Gasteiger partial charge is 0.759 e. The van der Waals surface area contributed by atoms with Crippen LogP contribution in [0.5, 0.6) is 0 Å². The van der Waals surface area contributed by atoms with E-state index < -0.39 is 10.4 Å². The normalized spacial score (nSPS) is 17.7. The second kappa shape index (κ2) is 8.61.